The van der Waals surface area contributed by atoms with Crippen LogP contribution in [0.2, 0.25) is 0 Å². The van der Waals surface area contributed by atoms with Crippen molar-refractivity contribution in [1.82, 2.24) is 9.88 Å². The molecule has 1 aliphatic rings. The monoisotopic (exact) mass is 358 g/mol. The van der Waals surface area contributed by atoms with Crippen LogP contribution in [0.5, 0.6) is 5.75 Å². The maximum absolute atomic E-state index is 12.5. The van der Waals surface area contributed by atoms with E-state index in [4.69, 9.17) is 4.74 Å². The van der Waals surface area contributed by atoms with E-state index in [0.29, 0.717) is 18.8 Å². The first-order chi connectivity index (χ1) is 12.2. The predicted molar refractivity (Wildman–Crippen MR) is 97.7 cm³/mol. The number of nitrogens with zero attached hydrogens (tertiary/aromatic N) is 2. The van der Waals surface area contributed by atoms with Crippen LogP contribution in [0.25, 0.3) is 0 Å². The largest absolute Gasteiger partial charge is 0.497 e. The number of carbonyl (C=O) groups excluding carboxylic acids is 1. The molecular weight excluding hydrogens is 336 g/mol. The molecule has 1 N–H and O–H groups in total. The Morgan fingerprint density at radius 2 is 2.12 bits per heavy atom. The van der Waals surface area contributed by atoms with Crippen molar-refractivity contribution in [2.45, 2.75) is 17.4 Å². The molecule has 3 rings (SSSR count). The Labute approximate surface area is 152 Å². The van der Waals surface area contributed by atoms with Gasteiger partial charge in [0.2, 0.25) is 5.91 Å². The van der Waals surface area contributed by atoms with Crippen LogP contribution in [0.3, 0.4) is 0 Å². The van der Waals surface area contributed by atoms with Gasteiger partial charge in [0, 0.05) is 36.3 Å². The molecule has 25 heavy (non-hydrogen) atoms. The number of carbonyl (C=O) groups is 1. The first kappa shape index (κ1) is 17.8. The normalized spacial score (nSPS) is 19.8. The van der Waals surface area contributed by atoms with E-state index in [-0.39, 0.29) is 11.8 Å². The molecule has 0 unspecified atom stereocenters. The minimum absolute atomic E-state index is 0.0594. The van der Waals surface area contributed by atoms with E-state index in [1.807, 2.05) is 36.4 Å². The van der Waals surface area contributed by atoms with Crippen LogP contribution >= 0.6 is 11.8 Å². The molecule has 0 aliphatic carbocycles. The SMILES string of the molecule is COc1cccc(SCC(=O)N2C[C@@H](Cc3ccncc3)[C@H](O)C2)c1. The van der Waals surface area contributed by atoms with Crippen molar-refractivity contribution in [3.8, 4) is 5.75 Å². The van der Waals surface area contributed by atoms with Crippen LogP contribution in [0.15, 0.2) is 53.7 Å². The van der Waals surface area contributed by atoms with E-state index in [9.17, 15) is 9.90 Å². The number of amides is 1. The highest BCUT2D eigenvalue weighted by Crippen LogP contribution is 2.25. The van der Waals surface area contributed by atoms with Crippen LogP contribution in [0.4, 0.5) is 0 Å². The molecule has 1 saturated heterocycles. The first-order valence-electron chi connectivity index (χ1n) is 8.27. The van der Waals surface area contributed by atoms with Gasteiger partial charge in [-0.05, 0) is 42.3 Å². The summed E-state index contributed by atoms with van der Waals surface area (Å²) in [6.45, 7) is 1.01. The molecule has 1 aromatic carbocycles. The molecule has 0 radical (unpaired) electrons. The zero-order valence-corrected chi connectivity index (χ0v) is 15.0. The lowest BCUT2D eigenvalue weighted by atomic mass is 9.97. The van der Waals surface area contributed by atoms with Gasteiger partial charge in [-0.25, -0.2) is 0 Å². The highest BCUT2D eigenvalue weighted by atomic mass is 32.2. The van der Waals surface area contributed by atoms with Gasteiger partial charge < -0.3 is 14.7 Å². The van der Waals surface area contributed by atoms with E-state index in [2.05, 4.69) is 4.98 Å². The predicted octanol–water partition coefficient (Wildman–Crippen LogP) is 2.24. The van der Waals surface area contributed by atoms with Crippen LogP contribution in [-0.2, 0) is 11.2 Å². The summed E-state index contributed by atoms with van der Waals surface area (Å²) < 4.78 is 5.20. The number of rotatable bonds is 6. The summed E-state index contributed by atoms with van der Waals surface area (Å²) in [4.78, 5) is 19.2. The molecule has 1 aromatic heterocycles. The topological polar surface area (TPSA) is 62.7 Å². The zero-order valence-electron chi connectivity index (χ0n) is 14.2. The number of hydrogen-bond acceptors (Lipinski definition) is 5. The molecule has 5 nitrogen and oxygen atoms in total. The van der Waals surface area contributed by atoms with Crippen LogP contribution in [-0.4, -0.2) is 53.0 Å². The van der Waals surface area contributed by atoms with Crippen molar-refractivity contribution in [2.75, 3.05) is 26.0 Å². The third-order valence-electron chi connectivity index (χ3n) is 4.41. The summed E-state index contributed by atoms with van der Waals surface area (Å²) in [5.41, 5.74) is 1.14. The molecule has 1 aliphatic heterocycles. The molecule has 6 heteroatoms. The van der Waals surface area contributed by atoms with Crippen LogP contribution in [0.1, 0.15) is 5.56 Å². The quantitative estimate of drug-likeness (QED) is 0.803. The number of pyridine rings is 1. The Morgan fingerprint density at radius 1 is 1.32 bits per heavy atom. The number of methoxy groups -OCH3 is 1. The van der Waals surface area contributed by atoms with Crippen molar-refractivity contribution in [3.05, 3.63) is 54.4 Å². The summed E-state index contributed by atoms with van der Waals surface area (Å²) in [6, 6.07) is 11.6. The molecule has 0 saturated carbocycles. The maximum Gasteiger partial charge on any atom is 0.233 e. The highest BCUT2D eigenvalue weighted by Gasteiger charge is 2.33. The average molecular weight is 358 g/mol. The van der Waals surface area contributed by atoms with E-state index in [1.54, 1.807) is 24.4 Å². The number of thioether (sulfide) groups is 1. The van der Waals surface area contributed by atoms with E-state index >= 15 is 0 Å². The lowest BCUT2D eigenvalue weighted by Gasteiger charge is -2.16. The van der Waals surface area contributed by atoms with Gasteiger partial charge in [-0.2, -0.15) is 0 Å². The molecule has 0 spiro atoms. The molecule has 1 amide bonds. The van der Waals surface area contributed by atoms with Crippen molar-refractivity contribution >= 4 is 17.7 Å². The zero-order chi connectivity index (χ0) is 17.6. The van der Waals surface area contributed by atoms with Gasteiger partial charge in [0.05, 0.1) is 19.0 Å². The van der Waals surface area contributed by atoms with E-state index in [1.165, 1.54) is 11.8 Å². The molecular formula is C19H22N2O3S. The number of aromatic nitrogens is 1. The first-order valence-corrected chi connectivity index (χ1v) is 9.26. The molecule has 132 valence electrons. The minimum Gasteiger partial charge on any atom is -0.497 e. The minimum atomic E-state index is -0.473. The van der Waals surface area contributed by atoms with Gasteiger partial charge in [0.25, 0.3) is 0 Å². The van der Waals surface area contributed by atoms with Crippen molar-refractivity contribution in [2.24, 2.45) is 5.92 Å². The number of ether oxygens (including phenoxy) is 1. The van der Waals surface area contributed by atoms with Gasteiger partial charge in [0.1, 0.15) is 5.75 Å². The molecule has 2 heterocycles. The fraction of sp³-hybridized carbons (Fsp3) is 0.368. The second-order valence-electron chi connectivity index (χ2n) is 6.15. The van der Waals surface area contributed by atoms with Crippen LogP contribution in [0, 0.1) is 5.92 Å². The number of hydrogen-bond donors (Lipinski definition) is 1. The van der Waals surface area contributed by atoms with Crippen molar-refractivity contribution in [1.29, 1.82) is 0 Å². The summed E-state index contributed by atoms with van der Waals surface area (Å²) >= 11 is 1.49. The number of likely N-dealkylation sites (tertiary alicyclic amines) is 1. The fourth-order valence-electron chi connectivity index (χ4n) is 3.01. The Hall–Kier alpha value is -2.05. The standard InChI is InChI=1S/C19H22N2O3S/c1-24-16-3-2-4-17(10-16)25-13-19(23)21-11-15(18(22)12-21)9-14-5-7-20-8-6-14/h2-8,10,15,18,22H,9,11-13H2,1H3/t15-,18-/m1/s1. The molecule has 1 fully saturated rings. The van der Waals surface area contributed by atoms with Crippen molar-refractivity contribution in [3.63, 3.8) is 0 Å². The lowest BCUT2D eigenvalue weighted by Crippen LogP contribution is -2.31. The molecule has 2 atom stereocenters. The third-order valence-corrected chi connectivity index (χ3v) is 5.39. The maximum atomic E-state index is 12.5. The number of benzene rings is 1. The second kappa shape index (κ2) is 8.36. The second-order valence-corrected chi connectivity index (χ2v) is 7.20. The molecule has 0 bridgehead atoms. The van der Waals surface area contributed by atoms with Gasteiger partial charge >= 0.3 is 0 Å². The number of aliphatic hydroxyl groups is 1. The summed E-state index contributed by atoms with van der Waals surface area (Å²) in [5, 5.41) is 10.3. The smallest absolute Gasteiger partial charge is 0.233 e. The Balaban J connectivity index is 1.52. The Bertz CT molecular complexity index is 711. The number of aliphatic hydroxyl groups excluding tert-OH is 1. The lowest BCUT2D eigenvalue weighted by molar-refractivity contribution is -0.127. The summed E-state index contributed by atoms with van der Waals surface area (Å²) in [5.74, 6) is 1.28. The summed E-state index contributed by atoms with van der Waals surface area (Å²) in [6.07, 6.45) is 3.80. The summed E-state index contributed by atoms with van der Waals surface area (Å²) in [7, 11) is 1.63. The van der Waals surface area contributed by atoms with Gasteiger partial charge in [-0.15, -0.1) is 11.8 Å². The van der Waals surface area contributed by atoms with Crippen LogP contribution < -0.4 is 4.74 Å². The van der Waals surface area contributed by atoms with Gasteiger partial charge in [-0.1, -0.05) is 6.07 Å². The Morgan fingerprint density at radius 3 is 2.88 bits per heavy atom. The molecule has 2 aromatic rings. The Kier molecular flexibility index (Phi) is 5.94. The number of β-amino-alcohol motifs (C(OH)–C–C–N with tert-alkyl or cyclic N) is 1. The average Bonchev–Trinajstić information content (AvgIpc) is 3.01. The van der Waals surface area contributed by atoms with E-state index < -0.39 is 6.10 Å². The van der Waals surface area contributed by atoms with Gasteiger partial charge in [-0.3, -0.25) is 9.78 Å². The third kappa shape index (κ3) is 4.74. The highest BCUT2D eigenvalue weighted by molar-refractivity contribution is 8.00. The van der Waals surface area contributed by atoms with E-state index in [0.717, 1.165) is 22.6 Å². The fourth-order valence-corrected chi connectivity index (χ4v) is 3.85. The van der Waals surface area contributed by atoms with Gasteiger partial charge in [0.15, 0.2) is 0 Å². The van der Waals surface area contributed by atoms with Crippen molar-refractivity contribution < 1.29 is 14.6 Å².